The van der Waals surface area contributed by atoms with Crippen LogP contribution in [-0.2, 0) is 9.59 Å². The highest BCUT2D eigenvalue weighted by Crippen LogP contribution is 2.25. The summed E-state index contributed by atoms with van der Waals surface area (Å²) in [5.41, 5.74) is 2.61. The maximum absolute atomic E-state index is 13.3. The summed E-state index contributed by atoms with van der Waals surface area (Å²) in [4.78, 5) is 50.0. The number of nitro benzene ring substituents is 1. The van der Waals surface area contributed by atoms with E-state index in [-0.39, 0.29) is 23.0 Å². The van der Waals surface area contributed by atoms with Gasteiger partial charge >= 0.3 is 0 Å². The second kappa shape index (κ2) is 14.2. The largest absolute Gasteiger partial charge is 0.325 e. The maximum Gasteiger partial charge on any atom is 0.272 e. The summed E-state index contributed by atoms with van der Waals surface area (Å²) in [6.45, 7) is 1.75. The molecule has 9 nitrogen and oxygen atoms in total. The van der Waals surface area contributed by atoms with Crippen LogP contribution in [0.15, 0.2) is 112 Å². The SMILES string of the molecule is Cc1ccc([N+](=O)[O-])cc1NC(=O)CSc1cccc(NC(=O)/C(=C/c2ccc(Br)cc2)NC(=O)c2ccccc2)c1. The van der Waals surface area contributed by atoms with Crippen molar-refractivity contribution in [2.75, 3.05) is 16.4 Å². The number of non-ortho nitro benzene ring substituents is 1. The summed E-state index contributed by atoms with van der Waals surface area (Å²) < 4.78 is 0.877. The number of nitrogens with one attached hydrogen (secondary N) is 3. The summed E-state index contributed by atoms with van der Waals surface area (Å²) in [6, 6.07) is 27.1. The van der Waals surface area contributed by atoms with Crippen LogP contribution in [0.5, 0.6) is 0 Å². The predicted octanol–water partition coefficient (Wildman–Crippen LogP) is 6.81. The summed E-state index contributed by atoms with van der Waals surface area (Å²) in [6.07, 6.45) is 1.58. The van der Waals surface area contributed by atoms with E-state index < -0.39 is 16.7 Å². The molecule has 0 fully saturated rings. The Bertz CT molecular complexity index is 1660. The number of carbonyl (C=O) groups is 3. The number of nitro groups is 1. The van der Waals surface area contributed by atoms with E-state index in [0.717, 1.165) is 4.47 Å². The van der Waals surface area contributed by atoms with Gasteiger partial charge in [0.15, 0.2) is 0 Å². The quantitative estimate of drug-likeness (QED) is 0.0753. The highest BCUT2D eigenvalue weighted by atomic mass is 79.9. The van der Waals surface area contributed by atoms with Gasteiger partial charge in [-0.25, -0.2) is 0 Å². The first-order valence-corrected chi connectivity index (χ1v) is 14.4. The van der Waals surface area contributed by atoms with E-state index in [1.807, 2.05) is 24.3 Å². The Labute approximate surface area is 254 Å². The van der Waals surface area contributed by atoms with Crippen molar-refractivity contribution >= 4 is 68.6 Å². The van der Waals surface area contributed by atoms with Gasteiger partial charge in [0.25, 0.3) is 17.5 Å². The molecule has 0 aliphatic rings. The van der Waals surface area contributed by atoms with Crippen LogP contribution in [0.3, 0.4) is 0 Å². The fourth-order valence-corrected chi connectivity index (χ4v) is 4.74. The topological polar surface area (TPSA) is 130 Å². The average Bonchev–Trinajstić information content (AvgIpc) is 2.98. The van der Waals surface area contributed by atoms with Gasteiger partial charge in [-0.3, -0.25) is 24.5 Å². The first-order chi connectivity index (χ1) is 20.2. The second-order valence-corrected chi connectivity index (χ2v) is 11.0. The molecule has 0 saturated carbocycles. The van der Waals surface area contributed by atoms with Gasteiger partial charge in [-0.15, -0.1) is 11.8 Å². The number of carbonyl (C=O) groups excluding carboxylic acids is 3. The van der Waals surface area contributed by atoms with E-state index >= 15 is 0 Å². The standard InChI is InChI=1S/C31H25BrN4O5S/c1-20-10-15-25(36(40)41)18-27(20)34-29(37)19-42-26-9-5-8-24(17-26)33-31(39)28(16-21-11-13-23(32)14-12-21)35-30(38)22-6-3-2-4-7-22/h2-18H,19H2,1H3,(H,33,39)(H,34,37)(H,35,38)/b28-16-. The Kier molecular flexibility index (Phi) is 10.2. The van der Waals surface area contributed by atoms with Crippen LogP contribution in [0.2, 0.25) is 0 Å². The van der Waals surface area contributed by atoms with Gasteiger partial charge in [0.05, 0.1) is 16.4 Å². The Balaban J connectivity index is 1.44. The van der Waals surface area contributed by atoms with Crippen molar-refractivity contribution < 1.29 is 19.3 Å². The summed E-state index contributed by atoms with van der Waals surface area (Å²) >= 11 is 4.63. The minimum absolute atomic E-state index is 0.0430. The number of nitrogens with zero attached hydrogens (tertiary/aromatic N) is 1. The van der Waals surface area contributed by atoms with E-state index in [9.17, 15) is 24.5 Å². The fraction of sp³-hybridized carbons (Fsp3) is 0.0645. The average molecular weight is 646 g/mol. The molecule has 0 spiro atoms. The molecular weight excluding hydrogens is 620 g/mol. The zero-order valence-corrected chi connectivity index (χ0v) is 24.7. The zero-order chi connectivity index (χ0) is 30.1. The van der Waals surface area contributed by atoms with Gasteiger partial charge in [0.2, 0.25) is 5.91 Å². The third kappa shape index (κ3) is 8.63. The van der Waals surface area contributed by atoms with Crippen LogP contribution in [-0.4, -0.2) is 28.4 Å². The van der Waals surface area contributed by atoms with Crippen molar-refractivity contribution in [1.29, 1.82) is 0 Å². The van der Waals surface area contributed by atoms with Crippen molar-refractivity contribution in [2.24, 2.45) is 0 Å². The van der Waals surface area contributed by atoms with Crippen molar-refractivity contribution in [3.8, 4) is 0 Å². The molecule has 0 unspecified atom stereocenters. The number of benzene rings is 4. The number of halogens is 1. The lowest BCUT2D eigenvalue weighted by Gasteiger charge is -2.12. The molecule has 0 aliphatic heterocycles. The monoisotopic (exact) mass is 644 g/mol. The maximum atomic E-state index is 13.3. The second-order valence-electron chi connectivity index (χ2n) is 9.00. The van der Waals surface area contributed by atoms with Crippen LogP contribution in [0.4, 0.5) is 17.1 Å². The number of anilines is 2. The Morgan fingerprint density at radius 3 is 2.36 bits per heavy atom. The molecule has 4 aromatic carbocycles. The molecule has 3 N–H and O–H groups in total. The molecular formula is C31H25BrN4O5S. The van der Waals surface area contributed by atoms with Crippen LogP contribution in [0.1, 0.15) is 21.5 Å². The fourth-order valence-electron chi connectivity index (χ4n) is 3.72. The number of thioether (sulfide) groups is 1. The molecule has 212 valence electrons. The van der Waals surface area contributed by atoms with Crippen LogP contribution < -0.4 is 16.0 Å². The number of amides is 3. The molecule has 0 radical (unpaired) electrons. The van der Waals surface area contributed by atoms with Crippen molar-refractivity contribution in [3.63, 3.8) is 0 Å². The Hall–Kier alpha value is -4.74. The van der Waals surface area contributed by atoms with E-state index in [4.69, 9.17) is 0 Å². The molecule has 0 aliphatic carbocycles. The van der Waals surface area contributed by atoms with E-state index in [1.165, 1.54) is 23.9 Å². The molecule has 3 amide bonds. The molecule has 4 aromatic rings. The van der Waals surface area contributed by atoms with Crippen LogP contribution in [0.25, 0.3) is 6.08 Å². The van der Waals surface area contributed by atoms with Gasteiger partial charge in [-0.1, -0.05) is 58.4 Å². The number of rotatable bonds is 10. The molecule has 0 bridgehead atoms. The van der Waals surface area contributed by atoms with E-state index in [2.05, 4.69) is 31.9 Å². The number of hydrogen-bond acceptors (Lipinski definition) is 6. The minimum Gasteiger partial charge on any atom is -0.325 e. The summed E-state index contributed by atoms with van der Waals surface area (Å²) in [7, 11) is 0. The van der Waals surface area contributed by atoms with Crippen LogP contribution in [0, 0.1) is 17.0 Å². The lowest BCUT2D eigenvalue weighted by molar-refractivity contribution is -0.384. The highest BCUT2D eigenvalue weighted by Gasteiger charge is 2.16. The number of aryl methyl sites for hydroxylation is 1. The van der Waals surface area contributed by atoms with Gasteiger partial charge in [-0.2, -0.15) is 0 Å². The third-order valence-corrected chi connectivity index (χ3v) is 7.40. The molecule has 4 rings (SSSR count). The first-order valence-electron chi connectivity index (χ1n) is 12.6. The van der Waals surface area contributed by atoms with Crippen LogP contribution >= 0.6 is 27.7 Å². The molecule has 42 heavy (non-hydrogen) atoms. The van der Waals surface area contributed by atoms with Gasteiger partial charge in [0, 0.05) is 32.8 Å². The molecule has 0 saturated heterocycles. The third-order valence-electron chi connectivity index (χ3n) is 5.88. The highest BCUT2D eigenvalue weighted by molar-refractivity contribution is 9.10. The van der Waals surface area contributed by atoms with Gasteiger partial charge in [-0.05, 0) is 66.6 Å². The normalized spacial score (nSPS) is 11.0. The van der Waals surface area contributed by atoms with Crippen molar-refractivity contribution in [1.82, 2.24) is 5.32 Å². The lowest BCUT2D eigenvalue weighted by atomic mass is 10.1. The zero-order valence-electron chi connectivity index (χ0n) is 22.3. The molecule has 0 atom stereocenters. The minimum atomic E-state index is -0.525. The predicted molar refractivity (Wildman–Crippen MR) is 168 cm³/mol. The Morgan fingerprint density at radius 1 is 0.905 bits per heavy atom. The van der Waals surface area contributed by atoms with E-state index in [0.29, 0.717) is 33.0 Å². The number of hydrogen-bond donors (Lipinski definition) is 3. The van der Waals surface area contributed by atoms with Crippen molar-refractivity contribution in [3.05, 3.63) is 134 Å². The summed E-state index contributed by atoms with van der Waals surface area (Å²) in [5, 5.41) is 19.3. The lowest BCUT2D eigenvalue weighted by Crippen LogP contribution is -2.30. The molecule has 11 heteroatoms. The van der Waals surface area contributed by atoms with Crippen molar-refractivity contribution in [2.45, 2.75) is 11.8 Å². The molecule has 0 heterocycles. The van der Waals surface area contributed by atoms with Gasteiger partial charge < -0.3 is 16.0 Å². The van der Waals surface area contributed by atoms with E-state index in [1.54, 1.807) is 73.7 Å². The molecule has 0 aromatic heterocycles. The first kappa shape index (κ1) is 30.2. The van der Waals surface area contributed by atoms with Gasteiger partial charge in [0.1, 0.15) is 5.70 Å². The Morgan fingerprint density at radius 2 is 1.64 bits per heavy atom. The smallest absolute Gasteiger partial charge is 0.272 e. The summed E-state index contributed by atoms with van der Waals surface area (Å²) in [5.74, 6) is -1.24.